The van der Waals surface area contributed by atoms with Crippen LogP contribution in [0.5, 0.6) is 0 Å². The van der Waals surface area contributed by atoms with Crippen molar-refractivity contribution in [1.82, 2.24) is 10.3 Å². The van der Waals surface area contributed by atoms with Gasteiger partial charge in [0.25, 0.3) is 0 Å². The summed E-state index contributed by atoms with van der Waals surface area (Å²) in [5.41, 5.74) is 0.595. The van der Waals surface area contributed by atoms with E-state index in [0.717, 1.165) is 51.1 Å². The molecule has 1 aromatic heterocycles. The molecule has 5 nitrogen and oxygen atoms in total. The first-order valence-corrected chi connectivity index (χ1v) is 8.15. The van der Waals surface area contributed by atoms with Gasteiger partial charge in [0.15, 0.2) is 0 Å². The number of pyridine rings is 1. The molecular weight excluding hydrogens is 276 g/mol. The van der Waals surface area contributed by atoms with Crippen molar-refractivity contribution in [3.8, 4) is 6.07 Å². The second kappa shape index (κ2) is 6.78. The lowest BCUT2D eigenvalue weighted by Crippen LogP contribution is -2.41. The van der Waals surface area contributed by atoms with E-state index < -0.39 is 0 Å². The second-order valence-electron chi connectivity index (χ2n) is 6.32. The lowest BCUT2D eigenvalue weighted by Gasteiger charge is -2.33. The highest BCUT2D eigenvalue weighted by Crippen LogP contribution is 2.26. The molecule has 1 aliphatic carbocycles. The van der Waals surface area contributed by atoms with Crippen LogP contribution in [0.4, 0.5) is 5.82 Å². The Morgan fingerprint density at radius 2 is 2.09 bits per heavy atom. The van der Waals surface area contributed by atoms with Crippen LogP contribution in [-0.2, 0) is 4.79 Å². The number of aromatic nitrogens is 1. The molecule has 5 heteroatoms. The Morgan fingerprint density at radius 1 is 1.32 bits per heavy atom. The highest BCUT2D eigenvalue weighted by atomic mass is 16.1. The molecule has 1 amide bonds. The smallest absolute Gasteiger partial charge is 0.223 e. The minimum absolute atomic E-state index is 0.252. The van der Waals surface area contributed by atoms with Crippen molar-refractivity contribution in [2.75, 3.05) is 24.5 Å². The van der Waals surface area contributed by atoms with Gasteiger partial charge in [0.05, 0.1) is 5.56 Å². The number of rotatable bonds is 4. The minimum Gasteiger partial charge on any atom is -0.357 e. The Hall–Kier alpha value is -2.09. The molecule has 2 heterocycles. The summed E-state index contributed by atoms with van der Waals surface area (Å²) in [5.74, 6) is 2.04. The zero-order chi connectivity index (χ0) is 15.4. The van der Waals surface area contributed by atoms with E-state index in [1.54, 1.807) is 6.20 Å². The van der Waals surface area contributed by atoms with E-state index in [1.165, 1.54) is 6.42 Å². The summed E-state index contributed by atoms with van der Waals surface area (Å²) in [6, 6.07) is 5.82. The number of anilines is 1. The topological polar surface area (TPSA) is 69.0 Å². The molecule has 0 aromatic carbocycles. The number of amides is 1. The predicted octanol–water partition coefficient (Wildman–Crippen LogP) is 2.09. The van der Waals surface area contributed by atoms with E-state index in [-0.39, 0.29) is 11.8 Å². The molecule has 0 atom stereocenters. The van der Waals surface area contributed by atoms with Gasteiger partial charge in [-0.05, 0) is 43.7 Å². The lowest BCUT2D eigenvalue weighted by atomic mass is 9.84. The SMILES string of the molecule is N#Cc1ccc(N2CCC(CNC(=O)C3CCC3)CC2)nc1. The fourth-order valence-electron chi connectivity index (χ4n) is 3.07. The predicted molar refractivity (Wildman–Crippen MR) is 84.2 cm³/mol. The van der Waals surface area contributed by atoms with Gasteiger partial charge < -0.3 is 10.2 Å². The van der Waals surface area contributed by atoms with Gasteiger partial charge in [0.1, 0.15) is 11.9 Å². The number of nitrogens with one attached hydrogen (secondary N) is 1. The van der Waals surface area contributed by atoms with E-state index in [9.17, 15) is 4.79 Å². The largest absolute Gasteiger partial charge is 0.357 e. The first-order chi connectivity index (χ1) is 10.8. The summed E-state index contributed by atoms with van der Waals surface area (Å²) in [7, 11) is 0. The molecule has 116 valence electrons. The van der Waals surface area contributed by atoms with Crippen LogP contribution in [-0.4, -0.2) is 30.5 Å². The molecule has 2 aliphatic rings. The van der Waals surface area contributed by atoms with Crippen molar-refractivity contribution in [3.63, 3.8) is 0 Å². The lowest BCUT2D eigenvalue weighted by molar-refractivity contribution is -0.127. The van der Waals surface area contributed by atoms with Gasteiger partial charge in [-0.1, -0.05) is 6.42 Å². The molecule has 0 radical (unpaired) electrons. The Balaban J connectivity index is 1.43. The third-order valence-corrected chi connectivity index (χ3v) is 4.86. The van der Waals surface area contributed by atoms with Crippen molar-refractivity contribution < 1.29 is 4.79 Å². The number of hydrogen-bond donors (Lipinski definition) is 1. The van der Waals surface area contributed by atoms with Crippen LogP contribution in [0, 0.1) is 23.2 Å². The van der Waals surface area contributed by atoms with Crippen molar-refractivity contribution >= 4 is 11.7 Å². The Morgan fingerprint density at radius 3 is 2.64 bits per heavy atom. The molecule has 3 rings (SSSR count). The van der Waals surface area contributed by atoms with E-state index in [4.69, 9.17) is 5.26 Å². The molecule has 0 spiro atoms. The van der Waals surface area contributed by atoms with Crippen molar-refractivity contribution in [1.29, 1.82) is 5.26 Å². The maximum absolute atomic E-state index is 11.9. The summed E-state index contributed by atoms with van der Waals surface area (Å²) in [6.07, 6.45) is 7.11. The zero-order valence-electron chi connectivity index (χ0n) is 12.8. The number of nitrogens with zero attached hydrogens (tertiary/aromatic N) is 3. The fraction of sp³-hybridized carbons (Fsp3) is 0.588. The van der Waals surface area contributed by atoms with Gasteiger partial charge in [-0.25, -0.2) is 4.98 Å². The number of carbonyl (C=O) groups excluding carboxylic acids is 1. The Bertz CT molecular complexity index is 551. The van der Waals surface area contributed by atoms with Crippen LogP contribution in [0.15, 0.2) is 18.3 Å². The maximum atomic E-state index is 11.9. The first-order valence-electron chi connectivity index (χ1n) is 8.15. The molecule has 22 heavy (non-hydrogen) atoms. The van der Waals surface area contributed by atoms with Crippen LogP contribution < -0.4 is 10.2 Å². The Kier molecular flexibility index (Phi) is 4.57. The van der Waals surface area contributed by atoms with Crippen LogP contribution in [0.3, 0.4) is 0 Å². The average molecular weight is 298 g/mol. The molecule has 2 fully saturated rings. The number of piperidine rings is 1. The summed E-state index contributed by atoms with van der Waals surface area (Å²) in [6.45, 7) is 2.73. The standard InChI is InChI=1S/C17H22N4O/c18-10-14-4-5-16(19-12-14)21-8-6-13(7-9-21)11-20-17(22)15-2-1-3-15/h4-5,12-13,15H,1-3,6-9,11H2,(H,20,22). The van der Waals surface area contributed by atoms with Crippen LogP contribution in [0.1, 0.15) is 37.7 Å². The fourth-order valence-corrected chi connectivity index (χ4v) is 3.07. The van der Waals surface area contributed by atoms with Crippen molar-refractivity contribution in [2.45, 2.75) is 32.1 Å². The van der Waals surface area contributed by atoms with Crippen LogP contribution in [0.25, 0.3) is 0 Å². The van der Waals surface area contributed by atoms with E-state index in [0.29, 0.717) is 11.5 Å². The van der Waals surface area contributed by atoms with Gasteiger partial charge in [-0.2, -0.15) is 5.26 Å². The van der Waals surface area contributed by atoms with Gasteiger partial charge in [0.2, 0.25) is 5.91 Å². The summed E-state index contributed by atoms with van der Waals surface area (Å²) >= 11 is 0. The second-order valence-corrected chi connectivity index (χ2v) is 6.32. The minimum atomic E-state index is 0.252. The van der Waals surface area contributed by atoms with Crippen molar-refractivity contribution in [3.05, 3.63) is 23.9 Å². The van der Waals surface area contributed by atoms with Gasteiger partial charge in [0, 0.05) is 31.7 Å². The molecular formula is C17H22N4O. The molecule has 1 saturated carbocycles. The Labute approximate surface area is 131 Å². The van der Waals surface area contributed by atoms with Gasteiger partial charge in [-0.15, -0.1) is 0 Å². The quantitative estimate of drug-likeness (QED) is 0.924. The van der Waals surface area contributed by atoms with Crippen molar-refractivity contribution in [2.24, 2.45) is 11.8 Å². The zero-order valence-corrected chi connectivity index (χ0v) is 12.8. The third-order valence-electron chi connectivity index (χ3n) is 4.86. The van der Waals surface area contributed by atoms with E-state index in [1.807, 2.05) is 12.1 Å². The average Bonchev–Trinajstić information content (AvgIpc) is 2.52. The van der Waals surface area contributed by atoms with E-state index >= 15 is 0 Å². The molecule has 0 bridgehead atoms. The van der Waals surface area contributed by atoms with E-state index in [2.05, 4.69) is 21.3 Å². The van der Waals surface area contributed by atoms with Gasteiger partial charge >= 0.3 is 0 Å². The number of carbonyl (C=O) groups is 1. The molecule has 1 aliphatic heterocycles. The highest BCUT2D eigenvalue weighted by molar-refractivity contribution is 5.79. The summed E-state index contributed by atoms with van der Waals surface area (Å²) < 4.78 is 0. The number of hydrogen-bond acceptors (Lipinski definition) is 4. The van der Waals surface area contributed by atoms with Gasteiger partial charge in [-0.3, -0.25) is 4.79 Å². The molecule has 1 saturated heterocycles. The van der Waals surface area contributed by atoms with Crippen LogP contribution >= 0.6 is 0 Å². The molecule has 0 unspecified atom stereocenters. The normalized spacial score (nSPS) is 19.3. The summed E-state index contributed by atoms with van der Waals surface area (Å²) in [5, 5.41) is 11.9. The highest BCUT2D eigenvalue weighted by Gasteiger charge is 2.26. The first kappa shape index (κ1) is 14.8. The molecule has 1 N–H and O–H groups in total. The summed E-state index contributed by atoms with van der Waals surface area (Å²) in [4.78, 5) is 18.5. The van der Waals surface area contributed by atoms with Crippen LogP contribution in [0.2, 0.25) is 0 Å². The molecule has 1 aromatic rings. The maximum Gasteiger partial charge on any atom is 0.223 e. The third kappa shape index (κ3) is 3.38. The number of nitriles is 1. The monoisotopic (exact) mass is 298 g/mol.